The quantitative estimate of drug-likeness (QED) is 0.919. The Bertz CT molecular complexity index is 535. The molecule has 0 spiro atoms. The minimum Gasteiger partial charge on any atom is -0.389 e. The van der Waals surface area contributed by atoms with Crippen molar-refractivity contribution in [2.45, 2.75) is 36.9 Å². The fourth-order valence-electron chi connectivity index (χ4n) is 1.70. The van der Waals surface area contributed by atoms with Crippen molar-refractivity contribution >= 4 is 11.8 Å². The zero-order chi connectivity index (χ0) is 13.1. The van der Waals surface area contributed by atoms with Gasteiger partial charge in [-0.3, -0.25) is 0 Å². The Morgan fingerprint density at radius 1 is 1.17 bits per heavy atom. The van der Waals surface area contributed by atoms with Gasteiger partial charge in [-0.15, -0.1) is 0 Å². The molecule has 2 aromatic heterocycles. The minimum absolute atomic E-state index is 0.473. The van der Waals surface area contributed by atoms with Crippen LogP contribution in [0.2, 0.25) is 0 Å². The van der Waals surface area contributed by atoms with Crippen LogP contribution in [0.15, 0.2) is 40.5 Å². The maximum atomic E-state index is 9.55. The van der Waals surface area contributed by atoms with Gasteiger partial charge in [0.2, 0.25) is 0 Å². The third-order valence-electron chi connectivity index (χ3n) is 2.52. The molecule has 2 aromatic rings. The van der Waals surface area contributed by atoms with E-state index in [-0.39, 0.29) is 0 Å². The second kappa shape index (κ2) is 5.50. The molecule has 0 radical (unpaired) electrons. The summed E-state index contributed by atoms with van der Waals surface area (Å²) in [5.41, 5.74) is 3.07. The summed E-state index contributed by atoms with van der Waals surface area (Å²) in [5, 5.41) is 11.3. The molecule has 0 saturated heterocycles. The van der Waals surface area contributed by atoms with Crippen molar-refractivity contribution in [3.05, 3.63) is 47.3 Å². The van der Waals surface area contributed by atoms with Crippen LogP contribution >= 0.6 is 11.8 Å². The molecule has 94 valence electrons. The highest BCUT2D eigenvalue weighted by atomic mass is 32.2. The van der Waals surface area contributed by atoms with Gasteiger partial charge in [0.25, 0.3) is 0 Å². The van der Waals surface area contributed by atoms with Crippen LogP contribution in [0.1, 0.15) is 29.8 Å². The summed E-state index contributed by atoms with van der Waals surface area (Å²) >= 11 is 1.51. The number of aryl methyl sites for hydroxylation is 2. The van der Waals surface area contributed by atoms with Crippen molar-refractivity contribution in [2.75, 3.05) is 0 Å². The first-order valence-electron chi connectivity index (χ1n) is 5.82. The molecule has 0 aliphatic carbocycles. The van der Waals surface area contributed by atoms with E-state index in [4.69, 9.17) is 0 Å². The molecule has 0 aliphatic heterocycles. The predicted octanol–water partition coefficient (Wildman–Crippen LogP) is 3.30. The smallest absolute Gasteiger partial charge is 0.103 e. The third-order valence-corrected chi connectivity index (χ3v) is 3.38. The zero-order valence-corrected chi connectivity index (χ0v) is 11.5. The maximum Gasteiger partial charge on any atom is 0.103 e. The highest BCUT2D eigenvalue weighted by molar-refractivity contribution is 7.99. The lowest BCUT2D eigenvalue weighted by Crippen LogP contribution is -1.93. The molecule has 4 heteroatoms. The van der Waals surface area contributed by atoms with E-state index >= 15 is 0 Å². The van der Waals surface area contributed by atoms with Gasteiger partial charge in [0.15, 0.2) is 0 Å². The van der Waals surface area contributed by atoms with E-state index in [2.05, 4.69) is 16.9 Å². The predicted molar refractivity (Wildman–Crippen MR) is 72.7 cm³/mol. The van der Waals surface area contributed by atoms with E-state index in [0.717, 1.165) is 21.3 Å². The first-order valence-corrected chi connectivity index (χ1v) is 6.63. The van der Waals surface area contributed by atoms with Gasteiger partial charge in [0, 0.05) is 11.9 Å². The van der Waals surface area contributed by atoms with Crippen LogP contribution in [0, 0.1) is 13.8 Å². The maximum absolute atomic E-state index is 9.55. The van der Waals surface area contributed by atoms with Crippen LogP contribution in [0.3, 0.4) is 0 Å². The number of hydrogen-bond acceptors (Lipinski definition) is 4. The molecule has 0 bridgehead atoms. The summed E-state index contributed by atoms with van der Waals surface area (Å²) in [7, 11) is 0. The molecule has 1 atom stereocenters. The SMILES string of the molecule is Cc1cc(C)nc(Sc2cc(C(C)O)ccn2)c1. The average molecular weight is 260 g/mol. The van der Waals surface area contributed by atoms with E-state index in [1.54, 1.807) is 13.1 Å². The number of nitrogens with zero attached hydrogens (tertiary/aromatic N) is 2. The Labute approximate surface area is 111 Å². The number of aliphatic hydroxyl groups is 1. The summed E-state index contributed by atoms with van der Waals surface area (Å²) in [5.74, 6) is 0. The second-order valence-electron chi connectivity index (χ2n) is 4.33. The highest BCUT2D eigenvalue weighted by Gasteiger charge is 2.05. The van der Waals surface area contributed by atoms with E-state index in [1.165, 1.54) is 17.3 Å². The van der Waals surface area contributed by atoms with Gasteiger partial charge < -0.3 is 5.11 Å². The lowest BCUT2D eigenvalue weighted by Gasteiger charge is -2.07. The summed E-state index contributed by atoms with van der Waals surface area (Å²) in [6.07, 6.45) is 1.24. The summed E-state index contributed by atoms with van der Waals surface area (Å²) in [4.78, 5) is 8.75. The monoisotopic (exact) mass is 260 g/mol. The number of aromatic nitrogens is 2. The molecule has 2 rings (SSSR count). The van der Waals surface area contributed by atoms with Gasteiger partial charge in [0.1, 0.15) is 10.1 Å². The molecule has 1 unspecified atom stereocenters. The van der Waals surface area contributed by atoms with Gasteiger partial charge >= 0.3 is 0 Å². The molecule has 0 amide bonds. The first kappa shape index (κ1) is 13.1. The minimum atomic E-state index is -0.473. The highest BCUT2D eigenvalue weighted by Crippen LogP contribution is 2.27. The van der Waals surface area contributed by atoms with E-state index in [9.17, 15) is 5.11 Å². The van der Waals surface area contributed by atoms with Crippen LogP contribution in [0.5, 0.6) is 0 Å². The fraction of sp³-hybridized carbons (Fsp3) is 0.286. The molecule has 0 saturated carbocycles. The standard InChI is InChI=1S/C14H16N2OS/c1-9-6-10(2)16-14(7-9)18-13-8-12(11(3)17)4-5-15-13/h4-8,11,17H,1-3H3. The van der Waals surface area contributed by atoms with E-state index in [0.29, 0.717) is 0 Å². The Balaban J connectivity index is 2.25. The molecular weight excluding hydrogens is 244 g/mol. The van der Waals surface area contributed by atoms with Crippen LogP contribution in [0.25, 0.3) is 0 Å². The zero-order valence-electron chi connectivity index (χ0n) is 10.7. The number of pyridine rings is 2. The van der Waals surface area contributed by atoms with Gasteiger partial charge in [-0.1, -0.05) is 11.8 Å². The van der Waals surface area contributed by atoms with Crippen molar-refractivity contribution < 1.29 is 5.11 Å². The summed E-state index contributed by atoms with van der Waals surface area (Å²) in [6.45, 7) is 5.79. The Morgan fingerprint density at radius 2 is 1.94 bits per heavy atom. The Hall–Kier alpha value is -1.39. The van der Waals surface area contributed by atoms with Crippen molar-refractivity contribution in [3.63, 3.8) is 0 Å². The van der Waals surface area contributed by atoms with Crippen molar-refractivity contribution in [1.29, 1.82) is 0 Å². The average Bonchev–Trinajstić information content (AvgIpc) is 2.27. The van der Waals surface area contributed by atoms with Gasteiger partial charge in [-0.2, -0.15) is 0 Å². The van der Waals surface area contributed by atoms with Crippen molar-refractivity contribution in [2.24, 2.45) is 0 Å². The van der Waals surface area contributed by atoms with E-state index < -0.39 is 6.10 Å². The lowest BCUT2D eigenvalue weighted by molar-refractivity contribution is 0.199. The molecule has 18 heavy (non-hydrogen) atoms. The molecule has 0 aromatic carbocycles. The number of rotatable bonds is 3. The summed E-state index contributed by atoms with van der Waals surface area (Å²) < 4.78 is 0. The molecular formula is C14H16N2OS. The topological polar surface area (TPSA) is 46.0 Å². The van der Waals surface area contributed by atoms with Crippen LogP contribution in [-0.4, -0.2) is 15.1 Å². The Kier molecular flexibility index (Phi) is 3.99. The molecule has 2 heterocycles. The lowest BCUT2D eigenvalue weighted by atomic mass is 10.2. The summed E-state index contributed by atoms with van der Waals surface area (Å²) in [6, 6.07) is 7.80. The normalized spacial score (nSPS) is 12.4. The molecule has 3 nitrogen and oxygen atoms in total. The second-order valence-corrected chi connectivity index (χ2v) is 5.37. The number of aliphatic hydroxyl groups excluding tert-OH is 1. The molecule has 1 N–H and O–H groups in total. The van der Waals surface area contributed by atoms with E-state index in [1.807, 2.05) is 31.2 Å². The van der Waals surface area contributed by atoms with Crippen LogP contribution < -0.4 is 0 Å². The van der Waals surface area contributed by atoms with Crippen LogP contribution in [0.4, 0.5) is 0 Å². The van der Waals surface area contributed by atoms with Crippen LogP contribution in [-0.2, 0) is 0 Å². The fourth-order valence-corrected chi connectivity index (χ4v) is 2.66. The van der Waals surface area contributed by atoms with Crippen molar-refractivity contribution in [1.82, 2.24) is 9.97 Å². The number of hydrogen-bond donors (Lipinski definition) is 1. The van der Waals surface area contributed by atoms with Gasteiger partial charge in [0.05, 0.1) is 6.10 Å². The third kappa shape index (κ3) is 3.31. The Morgan fingerprint density at radius 3 is 2.61 bits per heavy atom. The molecule has 0 aliphatic rings. The molecule has 0 fully saturated rings. The largest absolute Gasteiger partial charge is 0.389 e. The van der Waals surface area contributed by atoms with Gasteiger partial charge in [-0.05, 0) is 56.2 Å². The van der Waals surface area contributed by atoms with Gasteiger partial charge in [-0.25, -0.2) is 9.97 Å². The first-order chi connectivity index (χ1) is 8.54. The van der Waals surface area contributed by atoms with Crippen molar-refractivity contribution in [3.8, 4) is 0 Å².